The highest BCUT2D eigenvalue weighted by Crippen LogP contribution is 2.63. The first kappa shape index (κ1) is 26.3. The molecule has 0 bridgehead atoms. The standard InChI is InChI=1S/C9HF17O2/c10-2(11,1(27)28)3(12,13)4(14,15)5(16,17)6(18,19)7(20,21)8(22,23)9(24,25)26/h(H,27,28)/i1+1,2+1,3+1,4+1,5+1,6+1,7+1,8+1. The highest BCUT2D eigenvalue weighted by atomic mass is 19.5. The normalized spacial score (nSPS) is 16.3. The molecule has 0 rings (SSSR count). The Morgan fingerprint density at radius 3 is 0.857 bits per heavy atom. The van der Waals surface area contributed by atoms with Gasteiger partial charge in [0.05, 0.1) is 0 Å². The number of alkyl halides is 17. The predicted molar refractivity (Wildman–Crippen MR) is 48.3 cm³/mol. The second-order valence-electron chi connectivity index (χ2n) is 4.82. The molecule has 0 spiro atoms. The molecule has 0 radical (unpaired) electrons. The molecule has 19 heteroatoms. The Labute approximate surface area is 139 Å². The third kappa shape index (κ3) is 2.91. The van der Waals surface area contributed by atoms with Crippen molar-refractivity contribution in [3.8, 4) is 0 Å². The summed E-state index contributed by atoms with van der Waals surface area (Å²) < 4.78 is 214. The third-order valence-electron chi connectivity index (χ3n) is 2.99. The molecule has 0 saturated heterocycles. The molecule has 0 aliphatic heterocycles. The Morgan fingerprint density at radius 1 is 0.429 bits per heavy atom. The van der Waals surface area contributed by atoms with Crippen molar-refractivity contribution < 1.29 is 84.5 Å². The molecule has 0 saturated carbocycles. The van der Waals surface area contributed by atoms with Crippen LogP contribution in [0.4, 0.5) is 74.6 Å². The van der Waals surface area contributed by atoms with E-state index < -0.39 is 53.6 Å². The molecule has 0 fully saturated rings. The van der Waals surface area contributed by atoms with Gasteiger partial charge < -0.3 is 5.11 Å². The fourth-order valence-electron chi connectivity index (χ4n) is 1.30. The van der Waals surface area contributed by atoms with E-state index in [1.807, 2.05) is 0 Å². The second kappa shape index (κ2) is 6.14. The quantitative estimate of drug-likeness (QED) is 0.415. The van der Waals surface area contributed by atoms with E-state index in [1.54, 1.807) is 0 Å². The van der Waals surface area contributed by atoms with Gasteiger partial charge in [0, 0.05) is 0 Å². The summed E-state index contributed by atoms with van der Waals surface area (Å²) in [7, 11) is 0. The SMILES string of the molecule is O=[13C](O)[13C](F)(F)[13C](F)(F)[13C](F)(F)[13C](F)(F)[13C](F)(F)[13C](F)(F)[13C](F)(F)C(F)(F)F. The topological polar surface area (TPSA) is 37.3 Å². The van der Waals surface area contributed by atoms with E-state index in [0.29, 0.717) is 0 Å². The number of carboxylic acids is 1. The van der Waals surface area contributed by atoms with Crippen LogP contribution in [-0.4, -0.2) is 58.7 Å². The maximum absolute atomic E-state index is 13.0. The number of hydrogen-bond donors (Lipinski definition) is 1. The number of carbonyl (C=O) groups is 1. The molecule has 0 aliphatic rings. The molecular formula is C9HF17O2. The minimum absolute atomic E-state index is 4.39. The van der Waals surface area contributed by atoms with E-state index in [-0.39, 0.29) is 0 Å². The lowest BCUT2D eigenvalue weighted by Crippen LogP contribution is -2.75. The molecule has 0 heterocycles. The molecule has 1 N–H and O–H groups in total. The molecule has 2 nitrogen and oxygen atoms in total. The van der Waals surface area contributed by atoms with Gasteiger partial charge in [-0.25, -0.2) is 4.79 Å². The van der Waals surface area contributed by atoms with E-state index in [1.165, 1.54) is 0 Å². The van der Waals surface area contributed by atoms with Gasteiger partial charge in [0.1, 0.15) is 0 Å². The molecule has 0 aromatic rings. The van der Waals surface area contributed by atoms with Crippen LogP contribution in [-0.2, 0) is 4.79 Å². The fourth-order valence-corrected chi connectivity index (χ4v) is 1.30. The van der Waals surface area contributed by atoms with Crippen LogP contribution in [0.1, 0.15) is 0 Å². The Balaban J connectivity index is 6.76. The third-order valence-corrected chi connectivity index (χ3v) is 2.99. The van der Waals surface area contributed by atoms with Crippen LogP contribution in [0.15, 0.2) is 0 Å². The van der Waals surface area contributed by atoms with Crippen LogP contribution in [0.3, 0.4) is 0 Å². The van der Waals surface area contributed by atoms with Crippen LogP contribution < -0.4 is 0 Å². The zero-order valence-electron chi connectivity index (χ0n) is 11.8. The average molecular weight is 472 g/mol. The molecule has 0 amide bonds. The highest BCUT2D eigenvalue weighted by molar-refractivity contribution is 5.77. The number of rotatable bonds is 7. The molecule has 0 unspecified atom stereocenters. The summed E-state index contributed by atoms with van der Waals surface area (Å²) in [6, 6.07) is 0. The van der Waals surface area contributed by atoms with Crippen molar-refractivity contribution in [1.82, 2.24) is 0 Å². The largest absolute Gasteiger partial charge is 0.477 e. The molecule has 28 heavy (non-hydrogen) atoms. The van der Waals surface area contributed by atoms with Crippen LogP contribution in [0, 0.1) is 0 Å². The first-order valence-corrected chi connectivity index (χ1v) is 5.64. The fraction of sp³-hybridized carbons (Fsp3) is 0.889. The first-order chi connectivity index (χ1) is 11.7. The van der Waals surface area contributed by atoms with Gasteiger partial charge >= 0.3 is 53.6 Å². The van der Waals surface area contributed by atoms with Crippen molar-refractivity contribution in [3.63, 3.8) is 0 Å². The second-order valence-corrected chi connectivity index (χ2v) is 4.82. The summed E-state index contributed by atoms with van der Waals surface area (Å²) in [5.41, 5.74) is 0. The van der Waals surface area contributed by atoms with Gasteiger partial charge in [0.15, 0.2) is 0 Å². The summed E-state index contributed by atoms with van der Waals surface area (Å²) in [6.45, 7) is 0. The van der Waals surface area contributed by atoms with Crippen LogP contribution in [0.2, 0.25) is 0 Å². The van der Waals surface area contributed by atoms with Crippen molar-refractivity contribution >= 4 is 5.97 Å². The van der Waals surface area contributed by atoms with Crippen LogP contribution >= 0.6 is 0 Å². The molecule has 168 valence electrons. The van der Waals surface area contributed by atoms with E-state index in [0.717, 1.165) is 0 Å². The van der Waals surface area contributed by atoms with E-state index in [2.05, 4.69) is 0 Å². The van der Waals surface area contributed by atoms with E-state index in [9.17, 15) is 79.4 Å². The van der Waals surface area contributed by atoms with Gasteiger partial charge in [-0.3, -0.25) is 0 Å². The Bertz CT molecular complexity index is 615. The van der Waals surface area contributed by atoms with Crippen LogP contribution in [0.5, 0.6) is 0 Å². The first-order valence-electron chi connectivity index (χ1n) is 5.64. The molecular weight excluding hydrogens is 471 g/mol. The summed E-state index contributed by atoms with van der Waals surface area (Å²) in [6.07, 6.45) is -7.83. The minimum Gasteiger partial charge on any atom is -0.477 e. The maximum Gasteiger partial charge on any atom is 0.460 e. The summed E-state index contributed by atoms with van der Waals surface area (Å²) in [5.74, 6) is -62.9. The van der Waals surface area contributed by atoms with Gasteiger partial charge in [-0.15, -0.1) is 0 Å². The maximum atomic E-state index is 13.0. The zero-order valence-corrected chi connectivity index (χ0v) is 11.8. The number of aliphatic carboxylic acids is 1. The Hall–Kier alpha value is -1.72. The van der Waals surface area contributed by atoms with Gasteiger partial charge in [0.2, 0.25) is 0 Å². The van der Waals surface area contributed by atoms with Gasteiger partial charge in [0.25, 0.3) is 0 Å². The number of carboxylic acid groups (broad SMARTS) is 1. The highest BCUT2D eigenvalue weighted by Gasteiger charge is 2.95. The Morgan fingerprint density at radius 2 is 0.643 bits per heavy atom. The predicted octanol–water partition coefficient (Wildman–Crippen LogP) is 5.08. The van der Waals surface area contributed by atoms with Crippen molar-refractivity contribution in [1.29, 1.82) is 0 Å². The monoisotopic (exact) mass is 472 g/mol. The van der Waals surface area contributed by atoms with Crippen LogP contribution in [0.25, 0.3) is 0 Å². The van der Waals surface area contributed by atoms with E-state index in [4.69, 9.17) is 5.11 Å². The number of hydrogen-bond acceptors (Lipinski definition) is 1. The lowest BCUT2D eigenvalue weighted by molar-refractivity contribution is -0.459. The van der Waals surface area contributed by atoms with Gasteiger partial charge in [-0.1, -0.05) is 0 Å². The summed E-state index contributed by atoms with van der Waals surface area (Å²) in [4.78, 5) is 9.77. The van der Waals surface area contributed by atoms with Gasteiger partial charge in [-0.2, -0.15) is 74.6 Å². The van der Waals surface area contributed by atoms with Crippen molar-refractivity contribution in [2.24, 2.45) is 0 Å². The van der Waals surface area contributed by atoms with E-state index >= 15 is 0 Å². The number of halogens is 17. The average Bonchev–Trinajstić information content (AvgIpc) is 2.44. The lowest BCUT2D eigenvalue weighted by atomic mass is 10.8. The Kier molecular flexibility index (Phi) is 5.76. The lowest BCUT2D eigenvalue weighted by Gasteiger charge is -2.42. The van der Waals surface area contributed by atoms with Gasteiger partial charge in [-0.05, 0) is 0 Å². The summed E-state index contributed by atoms with van der Waals surface area (Å²) in [5, 5.41) is 7.59. The summed E-state index contributed by atoms with van der Waals surface area (Å²) >= 11 is 0. The van der Waals surface area contributed by atoms with Crippen molar-refractivity contribution in [2.75, 3.05) is 0 Å². The molecule has 0 aromatic heterocycles. The minimum atomic E-state index is -8.76. The molecule has 0 aliphatic carbocycles. The molecule has 0 atom stereocenters. The molecule has 0 aromatic carbocycles. The van der Waals surface area contributed by atoms with Crippen molar-refractivity contribution in [3.05, 3.63) is 0 Å². The van der Waals surface area contributed by atoms with Crippen molar-refractivity contribution in [2.45, 2.75) is 47.6 Å². The smallest absolute Gasteiger partial charge is 0.460 e. The zero-order chi connectivity index (χ0) is 23.6.